The molecule has 1 saturated heterocycles. The zero-order valence-electron chi connectivity index (χ0n) is 14.5. The molecule has 1 fully saturated rings. The summed E-state index contributed by atoms with van der Waals surface area (Å²) >= 11 is 5.26. The van der Waals surface area contributed by atoms with Gasteiger partial charge in [0.2, 0.25) is 0 Å². The Morgan fingerprint density at radius 1 is 1.24 bits per heavy atom. The van der Waals surface area contributed by atoms with Crippen molar-refractivity contribution in [3.8, 4) is 0 Å². The van der Waals surface area contributed by atoms with Gasteiger partial charge in [-0.05, 0) is 42.0 Å². The second-order valence-corrected chi connectivity index (χ2v) is 8.27. The summed E-state index contributed by atoms with van der Waals surface area (Å²) in [6, 6.07) is 13.4. The minimum Gasteiger partial charge on any atom is -0.354 e. The lowest BCUT2D eigenvalue weighted by atomic mass is 10.0. The van der Waals surface area contributed by atoms with Crippen molar-refractivity contribution in [3.63, 3.8) is 0 Å². The van der Waals surface area contributed by atoms with E-state index in [0.717, 1.165) is 49.5 Å². The molecule has 4 nitrogen and oxygen atoms in total. The molecule has 25 heavy (non-hydrogen) atoms. The Morgan fingerprint density at radius 3 is 2.64 bits per heavy atom. The zero-order chi connectivity index (χ0) is 17.5. The van der Waals surface area contributed by atoms with Crippen LogP contribution in [-0.2, 0) is 13.1 Å². The SMILES string of the molecule is CN=C(NCc1cccs1)NC1CCN(Cc2ccc(Br)cc2)CC1. The Labute approximate surface area is 162 Å². The van der Waals surface area contributed by atoms with Crippen LogP contribution in [0.2, 0.25) is 0 Å². The van der Waals surface area contributed by atoms with E-state index in [1.54, 1.807) is 11.3 Å². The maximum atomic E-state index is 4.36. The largest absolute Gasteiger partial charge is 0.354 e. The van der Waals surface area contributed by atoms with Crippen molar-refractivity contribution in [2.24, 2.45) is 4.99 Å². The van der Waals surface area contributed by atoms with Crippen LogP contribution in [0.25, 0.3) is 0 Å². The van der Waals surface area contributed by atoms with Crippen molar-refractivity contribution in [1.29, 1.82) is 0 Å². The van der Waals surface area contributed by atoms with Crippen LogP contribution in [0.1, 0.15) is 23.3 Å². The molecule has 0 bridgehead atoms. The van der Waals surface area contributed by atoms with Crippen LogP contribution in [-0.4, -0.2) is 37.0 Å². The topological polar surface area (TPSA) is 39.7 Å². The molecule has 0 amide bonds. The van der Waals surface area contributed by atoms with Crippen LogP contribution in [0.4, 0.5) is 0 Å². The normalized spacial score (nSPS) is 16.8. The number of likely N-dealkylation sites (tertiary alicyclic amines) is 1. The smallest absolute Gasteiger partial charge is 0.191 e. The van der Waals surface area contributed by atoms with Crippen LogP contribution in [0.3, 0.4) is 0 Å². The third kappa shape index (κ3) is 5.83. The van der Waals surface area contributed by atoms with Gasteiger partial charge in [-0.1, -0.05) is 34.1 Å². The van der Waals surface area contributed by atoms with Gasteiger partial charge in [-0.15, -0.1) is 11.3 Å². The molecule has 0 unspecified atom stereocenters. The highest BCUT2D eigenvalue weighted by Gasteiger charge is 2.20. The number of guanidine groups is 1. The van der Waals surface area contributed by atoms with E-state index in [1.807, 2.05) is 7.05 Å². The average Bonchev–Trinajstić information content (AvgIpc) is 3.15. The summed E-state index contributed by atoms with van der Waals surface area (Å²) in [5.74, 6) is 0.903. The first-order chi connectivity index (χ1) is 12.2. The summed E-state index contributed by atoms with van der Waals surface area (Å²) < 4.78 is 1.14. The maximum Gasteiger partial charge on any atom is 0.191 e. The summed E-state index contributed by atoms with van der Waals surface area (Å²) in [5.41, 5.74) is 1.38. The standard InChI is InChI=1S/C19H25BrN4S/c1-21-19(22-13-18-3-2-12-25-18)23-17-8-10-24(11-9-17)14-15-4-6-16(20)7-5-15/h2-7,12,17H,8-11,13-14H2,1H3,(H2,21,22,23). The van der Waals surface area contributed by atoms with E-state index in [1.165, 1.54) is 10.4 Å². The molecule has 2 heterocycles. The highest BCUT2D eigenvalue weighted by molar-refractivity contribution is 9.10. The molecule has 1 aliphatic rings. The van der Waals surface area contributed by atoms with Crippen molar-refractivity contribution in [3.05, 3.63) is 56.7 Å². The van der Waals surface area contributed by atoms with Gasteiger partial charge >= 0.3 is 0 Å². The fourth-order valence-corrected chi connectivity index (χ4v) is 3.96. The van der Waals surface area contributed by atoms with Crippen molar-refractivity contribution in [2.75, 3.05) is 20.1 Å². The number of benzene rings is 1. The van der Waals surface area contributed by atoms with Crippen LogP contribution in [0.15, 0.2) is 51.2 Å². The number of hydrogen-bond acceptors (Lipinski definition) is 3. The van der Waals surface area contributed by atoms with Crippen molar-refractivity contribution in [2.45, 2.75) is 32.0 Å². The molecular formula is C19H25BrN4S. The second kappa shape index (κ2) is 9.36. The predicted octanol–water partition coefficient (Wildman–Crippen LogP) is 3.84. The fraction of sp³-hybridized carbons (Fsp3) is 0.421. The van der Waals surface area contributed by atoms with Gasteiger partial charge in [-0.3, -0.25) is 9.89 Å². The second-order valence-electron chi connectivity index (χ2n) is 6.33. The van der Waals surface area contributed by atoms with Crippen LogP contribution in [0.5, 0.6) is 0 Å². The van der Waals surface area contributed by atoms with E-state index in [4.69, 9.17) is 0 Å². The Morgan fingerprint density at radius 2 is 2.00 bits per heavy atom. The molecule has 2 N–H and O–H groups in total. The number of aliphatic imine (C=N–C) groups is 1. The number of nitrogens with one attached hydrogen (secondary N) is 2. The van der Waals surface area contributed by atoms with E-state index in [-0.39, 0.29) is 0 Å². The molecular weight excluding hydrogens is 396 g/mol. The molecule has 0 spiro atoms. The highest BCUT2D eigenvalue weighted by atomic mass is 79.9. The summed E-state index contributed by atoms with van der Waals surface area (Å²) in [5, 5.41) is 9.08. The first-order valence-electron chi connectivity index (χ1n) is 8.69. The molecule has 3 rings (SSSR count). The molecule has 0 aliphatic carbocycles. The lowest BCUT2D eigenvalue weighted by molar-refractivity contribution is 0.198. The van der Waals surface area contributed by atoms with Gasteiger partial charge in [0, 0.05) is 42.1 Å². The molecule has 1 aromatic carbocycles. The third-order valence-electron chi connectivity index (χ3n) is 4.48. The van der Waals surface area contributed by atoms with Gasteiger partial charge in [0.05, 0.1) is 6.54 Å². The van der Waals surface area contributed by atoms with Gasteiger partial charge in [0.25, 0.3) is 0 Å². The number of piperidine rings is 1. The molecule has 0 atom stereocenters. The zero-order valence-corrected chi connectivity index (χ0v) is 16.9. The first-order valence-corrected chi connectivity index (χ1v) is 10.4. The van der Waals surface area contributed by atoms with Gasteiger partial charge in [0.1, 0.15) is 0 Å². The van der Waals surface area contributed by atoms with Crippen LogP contribution >= 0.6 is 27.3 Å². The number of halogens is 1. The number of nitrogens with zero attached hydrogens (tertiary/aromatic N) is 2. The van der Waals surface area contributed by atoms with Crippen molar-refractivity contribution < 1.29 is 0 Å². The van der Waals surface area contributed by atoms with Gasteiger partial charge in [0.15, 0.2) is 5.96 Å². The predicted molar refractivity (Wildman–Crippen MR) is 110 cm³/mol. The number of thiophene rings is 1. The van der Waals surface area contributed by atoms with E-state index in [2.05, 4.69) is 78.2 Å². The number of rotatable bonds is 5. The Bertz CT molecular complexity index is 661. The average molecular weight is 421 g/mol. The third-order valence-corrected chi connectivity index (χ3v) is 5.89. The first kappa shape index (κ1) is 18.4. The molecule has 1 aliphatic heterocycles. The molecule has 0 saturated carbocycles. The minimum atomic E-state index is 0.496. The Hall–Kier alpha value is -1.37. The summed E-state index contributed by atoms with van der Waals surface area (Å²) in [6.45, 7) is 4.11. The van der Waals surface area contributed by atoms with Crippen molar-refractivity contribution >= 4 is 33.2 Å². The van der Waals surface area contributed by atoms with Crippen LogP contribution in [0, 0.1) is 0 Å². The minimum absolute atomic E-state index is 0.496. The molecule has 6 heteroatoms. The summed E-state index contributed by atoms with van der Waals surface area (Å²) in [7, 11) is 1.84. The van der Waals surface area contributed by atoms with Gasteiger partial charge < -0.3 is 10.6 Å². The van der Waals surface area contributed by atoms with E-state index in [0.29, 0.717) is 6.04 Å². The highest BCUT2D eigenvalue weighted by Crippen LogP contribution is 2.16. The van der Waals surface area contributed by atoms with Crippen LogP contribution < -0.4 is 10.6 Å². The maximum absolute atomic E-state index is 4.36. The van der Waals surface area contributed by atoms with Gasteiger partial charge in [-0.25, -0.2) is 0 Å². The lowest BCUT2D eigenvalue weighted by Gasteiger charge is -2.33. The van der Waals surface area contributed by atoms with E-state index in [9.17, 15) is 0 Å². The summed E-state index contributed by atoms with van der Waals surface area (Å²) in [6.07, 6.45) is 2.30. The van der Waals surface area contributed by atoms with E-state index < -0.39 is 0 Å². The fourth-order valence-electron chi connectivity index (χ4n) is 3.06. The Balaban J connectivity index is 1.41. The molecule has 0 radical (unpaired) electrons. The molecule has 134 valence electrons. The quantitative estimate of drug-likeness (QED) is 0.569. The number of hydrogen-bond donors (Lipinski definition) is 2. The molecule has 1 aromatic heterocycles. The molecule has 2 aromatic rings. The van der Waals surface area contributed by atoms with Gasteiger partial charge in [-0.2, -0.15) is 0 Å². The lowest BCUT2D eigenvalue weighted by Crippen LogP contribution is -2.48. The van der Waals surface area contributed by atoms with Crippen molar-refractivity contribution in [1.82, 2.24) is 15.5 Å². The Kier molecular flexibility index (Phi) is 6.90. The van der Waals surface area contributed by atoms with E-state index >= 15 is 0 Å². The summed E-state index contributed by atoms with van der Waals surface area (Å²) in [4.78, 5) is 8.21. The monoisotopic (exact) mass is 420 g/mol.